The van der Waals surface area contributed by atoms with Crippen LogP contribution in [0.2, 0.25) is 0 Å². The number of hydrogen-bond acceptors (Lipinski definition) is 5. The molecule has 0 aliphatic carbocycles. The molecule has 0 N–H and O–H groups in total. The number of rotatable bonds is 6. The van der Waals surface area contributed by atoms with Gasteiger partial charge in [-0.2, -0.15) is 10.2 Å². The molecule has 0 fully saturated rings. The molecule has 5 heteroatoms. The molecule has 0 atom stereocenters. The molecule has 0 saturated heterocycles. The number of aromatic nitrogens is 1. The van der Waals surface area contributed by atoms with E-state index in [2.05, 4.69) is 21.1 Å². The van der Waals surface area contributed by atoms with Crippen LogP contribution >= 0.6 is 0 Å². The Bertz CT molecular complexity index is 561. The standard InChI is InChI=1S/C15H17N3O2/c1-4-5-6-15(17-18-15)7-8-20-14(19)13-9-11(2)16-12(3)10-13/h1,9-10H,5-8H2,2-3H3. The fourth-order valence-electron chi connectivity index (χ4n) is 2.01. The first kappa shape index (κ1) is 14.2. The van der Waals surface area contributed by atoms with Gasteiger partial charge in [-0.1, -0.05) is 0 Å². The summed E-state index contributed by atoms with van der Waals surface area (Å²) in [5, 5.41) is 7.99. The van der Waals surface area contributed by atoms with Crippen molar-refractivity contribution in [3.63, 3.8) is 0 Å². The smallest absolute Gasteiger partial charge is 0.338 e. The second kappa shape index (κ2) is 5.83. The predicted octanol–water partition coefficient (Wildman–Crippen LogP) is 2.82. The SMILES string of the molecule is C#CCCC1(CCOC(=O)c2cc(C)nc(C)c2)N=N1. The van der Waals surface area contributed by atoms with Gasteiger partial charge in [0.05, 0.1) is 12.2 Å². The van der Waals surface area contributed by atoms with E-state index >= 15 is 0 Å². The topological polar surface area (TPSA) is 63.9 Å². The van der Waals surface area contributed by atoms with Crippen LogP contribution in [0.25, 0.3) is 0 Å². The van der Waals surface area contributed by atoms with Crippen LogP contribution in [0, 0.1) is 26.2 Å². The fraction of sp³-hybridized carbons (Fsp3) is 0.467. The van der Waals surface area contributed by atoms with Crippen molar-refractivity contribution in [2.24, 2.45) is 10.2 Å². The Labute approximate surface area is 118 Å². The zero-order valence-electron chi connectivity index (χ0n) is 11.7. The van der Waals surface area contributed by atoms with Crippen LogP contribution in [0.4, 0.5) is 0 Å². The van der Waals surface area contributed by atoms with Gasteiger partial charge in [-0.05, 0) is 26.0 Å². The number of terminal acetylenes is 1. The maximum absolute atomic E-state index is 11.9. The monoisotopic (exact) mass is 271 g/mol. The largest absolute Gasteiger partial charge is 0.462 e. The van der Waals surface area contributed by atoms with E-state index in [1.807, 2.05) is 13.8 Å². The fourth-order valence-corrected chi connectivity index (χ4v) is 2.01. The van der Waals surface area contributed by atoms with E-state index in [0.29, 0.717) is 24.8 Å². The Hall–Kier alpha value is -2.22. The van der Waals surface area contributed by atoms with Crippen LogP contribution in [0.5, 0.6) is 0 Å². The van der Waals surface area contributed by atoms with Gasteiger partial charge in [-0.3, -0.25) is 4.98 Å². The molecule has 0 saturated carbocycles. The van der Waals surface area contributed by atoms with Crippen LogP contribution in [-0.2, 0) is 4.74 Å². The highest BCUT2D eigenvalue weighted by molar-refractivity contribution is 5.89. The molecule has 20 heavy (non-hydrogen) atoms. The highest BCUT2D eigenvalue weighted by Gasteiger charge is 2.39. The molecular formula is C15H17N3O2. The summed E-state index contributed by atoms with van der Waals surface area (Å²) in [5.41, 5.74) is 1.72. The number of nitrogens with zero attached hydrogens (tertiary/aromatic N) is 3. The summed E-state index contributed by atoms with van der Waals surface area (Å²) >= 11 is 0. The lowest BCUT2D eigenvalue weighted by Gasteiger charge is -2.10. The molecule has 2 rings (SSSR count). The summed E-state index contributed by atoms with van der Waals surface area (Å²) in [5.74, 6) is 2.23. The summed E-state index contributed by atoms with van der Waals surface area (Å²) in [6.07, 6.45) is 7.15. The third kappa shape index (κ3) is 3.64. The first-order chi connectivity index (χ1) is 9.54. The third-order valence-electron chi connectivity index (χ3n) is 3.11. The molecule has 0 radical (unpaired) electrons. The van der Waals surface area contributed by atoms with Crippen molar-refractivity contribution in [3.05, 3.63) is 29.1 Å². The zero-order valence-corrected chi connectivity index (χ0v) is 11.7. The molecule has 1 aromatic heterocycles. The number of pyridine rings is 1. The second-order valence-corrected chi connectivity index (χ2v) is 4.91. The van der Waals surface area contributed by atoms with E-state index in [1.54, 1.807) is 12.1 Å². The predicted molar refractivity (Wildman–Crippen MR) is 74.3 cm³/mol. The lowest BCUT2D eigenvalue weighted by molar-refractivity contribution is 0.0486. The summed E-state index contributed by atoms with van der Waals surface area (Å²) in [6.45, 7) is 3.98. The van der Waals surface area contributed by atoms with E-state index in [-0.39, 0.29) is 12.6 Å². The molecule has 1 aliphatic rings. The maximum atomic E-state index is 11.9. The number of aryl methyl sites for hydroxylation is 2. The summed E-state index contributed by atoms with van der Waals surface area (Å²) in [4.78, 5) is 16.1. The van der Waals surface area contributed by atoms with Crippen LogP contribution in [-0.4, -0.2) is 23.2 Å². The van der Waals surface area contributed by atoms with Crippen molar-refractivity contribution in [1.82, 2.24) is 4.98 Å². The Morgan fingerprint density at radius 1 is 1.30 bits per heavy atom. The first-order valence-corrected chi connectivity index (χ1v) is 6.55. The molecule has 0 unspecified atom stereocenters. The van der Waals surface area contributed by atoms with Gasteiger partial charge in [0.25, 0.3) is 0 Å². The first-order valence-electron chi connectivity index (χ1n) is 6.55. The quantitative estimate of drug-likeness (QED) is 0.590. The summed E-state index contributed by atoms with van der Waals surface area (Å²) in [6, 6.07) is 3.44. The molecule has 0 bridgehead atoms. The molecule has 0 spiro atoms. The van der Waals surface area contributed by atoms with Crippen molar-refractivity contribution in [3.8, 4) is 12.3 Å². The minimum atomic E-state index is -0.406. The number of esters is 1. The number of carbonyl (C=O) groups is 1. The van der Waals surface area contributed by atoms with Gasteiger partial charge >= 0.3 is 5.97 Å². The Morgan fingerprint density at radius 3 is 2.50 bits per heavy atom. The minimum absolute atomic E-state index is 0.289. The van der Waals surface area contributed by atoms with Crippen molar-refractivity contribution in [2.45, 2.75) is 38.8 Å². The average molecular weight is 271 g/mol. The number of carbonyl (C=O) groups excluding carboxylic acids is 1. The Balaban J connectivity index is 1.82. The molecule has 2 heterocycles. The van der Waals surface area contributed by atoms with Gasteiger partial charge < -0.3 is 4.74 Å². The normalized spacial score (nSPS) is 14.7. The van der Waals surface area contributed by atoms with E-state index in [0.717, 1.165) is 11.4 Å². The molecule has 0 amide bonds. The van der Waals surface area contributed by atoms with E-state index in [9.17, 15) is 4.79 Å². The van der Waals surface area contributed by atoms with Crippen molar-refractivity contribution < 1.29 is 9.53 Å². The van der Waals surface area contributed by atoms with Gasteiger partial charge in [0.2, 0.25) is 0 Å². The molecule has 1 aliphatic heterocycles. The van der Waals surface area contributed by atoms with Crippen LogP contribution < -0.4 is 0 Å². The lowest BCUT2D eigenvalue weighted by atomic mass is 10.1. The second-order valence-electron chi connectivity index (χ2n) is 4.91. The zero-order chi connectivity index (χ0) is 14.6. The van der Waals surface area contributed by atoms with Gasteiger partial charge in [0, 0.05) is 30.7 Å². The van der Waals surface area contributed by atoms with Crippen molar-refractivity contribution in [1.29, 1.82) is 0 Å². The van der Waals surface area contributed by atoms with Crippen LogP contribution in [0.15, 0.2) is 22.4 Å². The maximum Gasteiger partial charge on any atom is 0.338 e. The molecule has 0 aromatic carbocycles. The van der Waals surface area contributed by atoms with E-state index in [4.69, 9.17) is 11.2 Å². The van der Waals surface area contributed by atoms with Crippen molar-refractivity contribution in [2.75, 3.05) is 6.61 Å². The molecular weight excluding hydrogens is 254 g/mol. The average Bonchev–Trinajstić information content (AvgIpc) is 3.15. The number of hydrogen-bond donors (Lipinski definition) is 0. The van der Waals surface area contributed by atoms with E-state index < -0.39 is 5.66 Å². The third-order valence-corrected chi connectivity index (χ3v) is 3.11. The number of ether oxygens (including phenoxy) is 1. The van der Waals surface area contributed by atoms with Gasteiger partial charge in [-0.15, -0.1) is 12.3 Å². The van der Waals surface area contributed by atoms with Crippen LogP contribution in [0.1, 0.15) is 41.0 Å². The lowest BCUT2D eigenvalue weighted by Crippen LogP contribution is -2.16. The minimum Gasteiger partial charge on any atom is -0.462 e. The highest BCUT2D eigenvalue weighted by Crippen LogP contribution is 2.36. The van der Waals surface area contributed by atoms with E-state index in [1.165, 1.54) is 0 Å². The van der Waals surface area contributed by atoms with Gasteiger partial charge in [-0.25, -0.2) is 4.79 Å². The molecule has 5 nitrogen and oxygen atoms in total. The van der Waals surface area contributed by atoms with Gasteiger partial charge in [0.1, 0.15) is 0 Å². The van der Waals surface area contributed by atoms with Crippen LogP contribution in [0.3, 0.4) is 0 Å². The Morgan fingerprint density at radius 2 is 1.95 bits per heavy atom. The van der Waals surface area contributed by atoms with Gasteiger partial charge in [0.15, 0.2) is 5.66 Å². The molecule has 104 valence electrons. The highest BCUT2D eigenvalue weighted by atomic mass is 16.5. The summed E-state index contributed by atoms with van der Waals surface area (Å²) < 4.78 is 5.26. The Kier molecular flexibility index (Phi) is 4.14. The summed E-state index contributed by atoms with van der Waals surface area (Å²) in [7, 11) is 0. The van der Waals surface area contributed by atoms with Crippen molar-refractivity contribution >= 4 is 5.97 Å². The molecule has 1 aromatic rings.